The number of rotatable bonds is 3. The number of thioether (sulfide) groups is 1. The maximum Gasteiger partial charge on any atom is 0.296 e. The zero-order valence-electron chi connectivity index (χ0n) is 18.2. The number of fused-ring (bicyclic) bond motifs is 1. The highest BCUT2D eigenvalue weighted by molar-refractivity contribution is 8.27. The van der Waals surface area contributed by atoms with Crippen molar-refractivity contribution in [2.24, 2.45) is 7.05 Å². The van der Waals surface area contributed by atoms with E-state index >= 15 is 0 Å². The van der Waals surface area contributed by atoms with Crippen LogP contribution in [0.1, 0.15) is 18.2 Å². The third kappa shape index (κ3) is 3.03. The maximum atomic E-state index is 13.6. The normalized spacial score (nSPS) is 18.0. The Hall–Kier alpha value is -3.43. The van der Waals surface area contributed by atoms with E-state index in [-0.39, 0.29) is 26.4 Å². The molecule has 1 aromatic heterocycles. The molecule has 3 heterocycles. The van der Waals surface area contributed by atoms with E-state index in [0.29, 0.717) is 29.1 Å². The predicted molar refractivity (Wildman–Crippen MR) is 135 cm³/mol. The second-order valence-electron chi connectivity index (χ2n) is 7.69. The predicted octanol–water partition coefficient (Wildman–Crippen LogP) is 3.63. The molecule has 2 aromatic carbocycles. The molecule has 166 valence electrons. The number of nitrogens with zero attached hydrogens (tertiary/aromatic N) is 4. The Morgan fingerprint density at radius 3 is 2.30 bits per heavy atom. The van der Waals surface area contributed by atoms with Crippen LogP contribution in [0.5, 0.6) is 0 Å². The highest BCUT2D eigenvalue weighted by Gasteiger charge is 2.44. The van der Waals surface area contributed by atoms with Crippen LogP contribution in [0.25, 0.3) is 11.3 Å². The van der Waals surface area contributed by atoms with Gasteiger partial charge >= 0.3 is 0 Å². The van der Waals surface area contributed by atoms with Gasteiger partial charge in [0.2, 0.25) is 0 Å². The maximum absolute atomic E-state index is 13.6. The molecular weight excluding hydrogens is 456 g/mol. The van der Waals surface area contributed by atoms with Crippen molar-refractivity contribution >= 4 is 57.1 Å². The number of likely N-dealkylation sites (N-methyl/N-ethyl adjacent to an activating group) is 1. The zero-order chi connectivity index (χ0) is 23.4. The van der Waals surface area contributed by atoms with E-state index in [9.17, 15) is 14.4 Å². The minimum atomic E-state index is -0.452. The van der Waals surface area contributed by atoms with Crippen LogP contribution >= 0.6 is 24.0 Å². The number of anilines is 2. The van der Waals surface area contributed by atoms with Crippen LogP contribution in [0.2, 0.25) is 0 Å². The van der Waals surface area contributed by atoms with Crippen molar-refractivity contribution in [2.75, 3.05) is 16.3 Å². The highest BCUT2D eigenvalue weighted by atomic mass is 32.2. The molecule has 9 heteroatoms. The fourth-order valence-corrected chi connectivity index (χ4v) is 5.68. The molecule has 0 N–H and O–H groups in total. The molecule has 1 fully saturated rings. The van der Waals surface area contributed by atoms with E-state index in [1.165, 1.54) is 9.58 Å². The quantitative estimate of drug-likeness (QED) is 0.427. The van der Waals surface area contributed by atoms with Crippen molar-refractivity contribution in [2.45, 2.75) is 13.8 Å². The molecule has 2 aliphatic heterocycles. The van der Waals surface area contributed by atoms with E-state index in [0.717, 1.165) is 17.4 Å². The molecule has 2 amide bonds. The highest BCUT2D eigenvalue weighted by Crippen LogP contribution is 2.45. The largest absolute Gasteiger partial charge is 0.308 e. The summed E-state index contributed by atoms with van der Waals surface area (Å²) in [6.45, 7) is 4.15. The molecule has 0 spiro atoms. The fraction of sp³-hybridized carbons (Fsp3) is 0.167. The monoisotopic (exact) mass is 476 g/mol. The Balaban J connectivity index is 1.66. The minimum Gasteiger partial charge on any atom is -0.308 e. The lowest BCUT2D eigenvalue weighted by Gasteiger charge is -2.13. The first-order valence-corrected chi connectivity index (χ1v) is 11.6. The van der Waals surface area contributed by atoms with Gasteiger partial charge < -0.3 is 4.90 Å². The van der Waals surface area contributed by atoms with Gasteiger partial charge in [-0.25, -0.2) is 4.68 Å². The molecule has 0 aliphatic carbocycles. The van der Waals surface area contributed by atoms with Gasteiger partial charge in [-0.3, -0.25) is 24.0 Å². The molecule has 0 bridgehead atoms. The van der Waals surface area contributed by atoms with Gasteiger partial charge in [0.05, 0.1) is 27.5 Å². The van der Waals surface area contributed by atoms with Gasteiger partial charge in [0.15, 0.2) is 4.32 Å². The number of carbonyl (C=O) groups is 2. The van der Waals surface area contributed by atoms with Crippen LogP contribution in [0, 0.1) is 6.92 Å². The number of hydrogen-bond donors (Lipinski definition) is 0. The lowest BCUT2D eigenvalue weighted by atomic mass is 10.1. The molecule has 3 aromatic rings. The molecule has 2 aliphatic rings. The summed E-state index contributed by atoms with van der Waals surface area (Å²) in [4.78, 5) is 43.5. The molecule has 33 heavy (non-hydrogen) atoms. The first-order valence-electron chi connectivity index (χ1n) is 10.4. The number of aromatic nitrogens is 2. The van der Waals surface area contributed by atoms with Crippen LogP contribution in [0.4, 0.5) is 11.4 Å². The summed E-state index contributed by atoms with van der Waals surface area (Å²) in [7, 11) is 1.76. The zero-order valence-corrected chi connectivity index (χ0v) is 19.9. The Morgan fingerprint density at radius 2 is 1.61 bits per heavy atom. The van der Waals surface area contributed by atoms with Crippen LogP contribution < -0.4 is 15.4 Å². The summed E-state index contributed by atoms with van der Waals surface area (Å²) < 4.78 is 3.44. The van der Waals surface area contributed by atoms with E-state index in [4.69, 9.17) is 12.2 Å². The van der Waals surface area contributed by atoms with Gasteiger partial charge in [0.25, 0.3) is 17.4 Å². The smallest absolute Gasteiger partial charge is 0.296 e. The Morgan fingerprint density at radius 1 is 0.939 bits per heavy atom. The summed E-state index contributed by atoms with van der Waals surface area (Å²) in [6, 6.07) is 16.6. The van der Waals surface area contributed by atoms with Gasteiger partial charge in [-0.15, -0.1) is 0 Å². The molecule has 0 unspecified atom stereocenters. The summed E-state index contributed by atoms with van der Waals surface area (Å²) in [6.07, 6.45) is 0. The van der Waals surface area contributed by atoms with Crippen LogP contribution in [0.15, 0.2) is 64.3 Å². The van der Waals surface area contributed by atoms with Gasteiger partial charge in [-0.1, -0.05) is 60.4 Å². The number of benzene rings is 2. The summed E-state index contributed by atoms with van der Waals surface area (Å²) >= 11 is 6.61. The van der Waals surface area contributed by atoms with Crippen molar-refractivity contribution in [3.63, 3.8) is 0 Å². The van der Waals surface area contributed by atoms with Gasteiger partial charge in [0, 0.05) is 19.2 Å². The van der Waals surface area contributed by atoms with Crippen LogP contribution in [-0.4, -0.2) is 32.0 Å². The second-order valence-corrected chi connectivity index (χ2v) is 9.33. The fourth-order valence-electron chi connectivity index (χ4n) is 4.34. The molecular formula is C24H20N4O3S2. The first kappa shape index (κ1) is 21.4. The number of hydrogen-bond acceptors (Lipinski definition) is 5. The molecule has 0 saturated carbocycles. The number of amides is 2. The number of carbonyl (C=O) groups excluding carboxylic acids is 2. The van der Waals surface area contributed by atoms with Crippen LogP contribution in [-0.2, 0) is 16.6 Å². The van der Waals surface area contributed by atoms with Crippen molar-refractivity contribution in [3.05, 3.63) is 81.1 Å². The molecule has 1 saturated heterocycles. The van der Waals surface area contributed by atoms with Gasteiger partial charge in [-0.05, 0) is 32.0 Å². The minimum absolute atomic E-state index is 0.200. The van der Waals surface area contributed by atoms with Gasteiger partial charge in [-0.2, -0.15) is 0 Å². The molecule has 5 rings (SSSR count). The van der Waals surface area contributed by atoms with E-state index in [1.54, 1.807) is 23.6 Å². The van der Waals surface area contributed by atoms with Crippen molar-refractivity contribution in [1.29, 1.82) is 0 Å². The van der Waals surface area contributed by atoms with Crippen molar-refractivity contribution < 1.29 is 9.59 Å². The lowest BCUT2D eigenvalue weighted by Crippen LogP contribution is -2.33. The van der Waals surface area contributed by atoms with E-state index in [2.05, 4.69) is 0 Å². The third-order valence-corrected chi connectivity index (χ3v) is 7.36. The first-order chi connectivity index (χ1) is 15.9. The SMILES string of the molecule is CCN1C(=O)C(=C2SC(=S)N(c3c(C)n(C)n(-c4ccccc4)c3=O)C2=O)c2ccccc21. The summed E-state index contributed by atoms with van der Waals surface area (Å²) in [5.41, 5.74) is 2.94. The Kier molecular flexibility index (Phi) is 5.10. The molecule has 0 radical (unpaired) electrons. The number of para-hydroxylation sites is 2. The third-order valence-electron chi connectivity index (χ3n) is 5.98. The van der Waals surface area contributed by atoms with E-state index < -0.39 is 5.91 Å². The van der Waals surface area contributed by atoms with Crippen molar-refractivity contribution in [1.82, 2.24) is 9.36 Å². The average molecular weight is 477 g/mol. The lowest BCUT2D eigenvalue weighted by molar-refractivity contribution is -0.115. The number of thiocarbonyl (C=S) groups is 1. The van der Waals surface area contributed by atoms with Crippen LogP contribution in [0.3, 0.4) is 0 Å². The summed E-state index contributed by atoms with van der Waals surface area (Å²) in [5.74, 6) is -0.683. The van der Waals surface area contributed by atoms with Crippen molar-refractivity contribution in [3.8, 4) is 5.69 Å². The van der Waals surface area contributed by atoms with E-state index in [1.807, 2.05) is 61.5 Å². The Labute approximate surface area is 199 Å². The molecule has 0 atom stereocenters. The molecule has 7 nitrogen and oxygen atoms in total. The average Bonchev–Trinajstić information content (AvgIpc) is 3.34. The Bertz CT molecular complexity index is 1440. The summed E-state index contributed by atoms with van der Waals surface area (Å²) in [5, 5.41) is 0. The topological polar surface area (TPSA) is 67.6 Å². The second kappa shape index (κ2) is 7.86. The van der Waals surface area contributed by atoms with Gasteiger partial charge in [0.1, 0.15) is 5.69 Å². The standard InChI is InChI=1S/C24H20N4O3S2/c1-4-26-17-13-9-8-12-16(17)18(21(26)29)20-23(31)27(24(32)33-20)19-14(2)25(3)28(22(19)30)15-10-6-5-7-11-15/h5-13H,4H2,1-3H3.